The first-order chi connectivity index (χ1) is 9.93. The number of halogens is 1. The van der Waals surface area contributed by atoms with E-state index in [9.17, 15) is 9.59 Å². The molecular weight excluding hydrogens is 288 g/mol. The molecule has 2 amide bonds. The van der Waals surface area contributed by atoms with E-state index in [1.807, 2.05) is 24.3 Å². The van der Waals surface area contributed by atoms with Gasteiger partial charge in [0.1, 0.15) is 5.38 Å². The molecule has 2 atom stereocenters. The third kappa shape index (κ3) is 6.17. The minimum atomic E-state index is -0.582. The minimum Gasteiger partial charge on any atom is -0.354 e. The molecule has 2 N–H and O–H groups in total. The lowest BCUT2D eigenvalue weighted by molar-refractivity contribution is -0.120. The fourth-order valence-corrected chi connectivity index (χ4v) is 1.87. The molecule has 0 aliphatic heterocycles. The number of anilines is 1. The van der Waals surface area contributed by atoms with Crippen molar-refractivity contribution < 1.29 is 9.59 Å². The molecule has 0 aliphatic rings. The fraction of sp³-hybridized carbons (Fsp3) is 0.500. The van der Waals surface area contributed by atoms with E-state index < -0.39 is 5.38 Å². The zero-order chi connectivity index (χ0) is 15.8. The molecule has 0 bridgehead atoms. The Morgan fingerprint density at radius 3 is 2.33 bits per heavy atom. The summed E-state index contributed by atoms with van der Waals surface area (Å²) >= 11 is 5.61. The normalized spacial score (nSPS) is 13.3. The van der Waals surface area contributed by atoms with Crippen LogP contribution in [0, 0.1) is 0 Å². The summed E-state index contributed by atoms with van der Waals surface area (Å²) in [6.07, 6.45) is 1.31. The first-order valence-electron chi connectivity index (χ1n) is 7.25. The Balaban J connectivity index is 2.39. The second kappa shape index (κ2) is 8.67. The Morgan fingerprint density at radius 2 is 1.81 bits per heavy atom. The molecule has 4 nitrogen and oxygen atoms in total. The van der Waals surface area contributed by atoms with Gasteiger partial charge in [0.15, 0.2) is 0 Å². The Labute approximate surface area is 131 Å². The van der Waals surface area contributed by atoms with Crippen LogP contribution in [0.3, 0.4) is 0 Å². The molecule has 0 aromatic heterocycles. The highest BCUT2D eigenvalue weighted by molar-refractivity contribution is 6.30. The van der Waals surface area contributed by atoms with Crippen molar-refractivity contribution in [1.82, 2.24) is 5.32 Å². The molecule has 0 heterocycles. The molecule has 21 heavy (non-hydrogen) atoms. The van der Waals surface area contributed by atoms with Crippen molar-refractivity contribution in [2.24, 2.45) is 0 Å². The average molecular weight is 311 g/mol. The van der Waals surface area contributed by atoms with Crippen molar-refractivity contribution in [1.29, 1.82) is 0 Å². The first kappa shape index (κ1) is 17.5. The zero-order valence-corrected chi connectivity index (χ0v) is 13.5. The molecule has 0 spiro atoms. The average Bonchev–Trinajstić information content (AvgIpc) is 2.46. The number of rotatable bonds is 7. The quantitative estimate of drug-likeness (QED) is 0.759. The molecule has 1 rings (SSSR count). The molecule has 116 valence electrons. The highest BCUT2D eigenvalue weighted by atomic mass is 35.5. The molecule has 0 fully saturated rings. The Hall–Kier alpha value is -1.55. The van der Waals surface area contributed by atoms with E-state index in [-0.39, 0.29) is 24.8 Å². The van der Waals surface area contributed by atoms with Crippen LogP contribution in [0.15, 0.2) is 24.3 Å². The fourth-order valence-electron chi connectivity index (χ4n) is 1.79. The summed E-state index contributed by atoms with van der Waals surface area (Å²) in [7, 11) is 0. The van der Waals surface area contributed by atoms with Crippen LogP contribution in [0.5, 0.6) is 0 Å². The van der Waals surface area contributed by atoms with Crippen molar-refractivity contribution in [2.75, 3.05) is 11.9 Å². The summed E-state index contributed by atoms with van der Waals surface area (Å²) in [6, 6.07) is 7.86. The van der Waals surface area contributed by atoms with Crippen molar-refractivity contribution in [2.45, 2.75) is 44.9 Å². The van der Waals surface area contributed by atoms with Gasteiger partial charge in [0.05, 0.1) is 0 Å². The summed E-state index contributed by atoms with van der Waals surface area (Å²) in [5, 5.41) is 4.82. The molecule has 0 aliphatic carbocycles. The molecule has 1 aromatic rings. The van der Waals surface area contributed by atoms with Gasteiger partial charge in [-0.25, -0.2) is 0 Å². The summed E-state index contributed by atoms with van der Waals surface area (Å²) < 4.78 is 0. The molecule has 0 unspecified atom stereocenters. The van der Waals surface area contributed by atoms with Crippen LogP contribution in [0.2, 0.25) is 0 Å². The molecule has 0 saturated carbocycles. The predicted molar refractivity (Wildman–Crippen MR) is 86.7 cm³/mol. The van der Waals surface area contributed by atoms with Gasteiger partial charge in [0.2, 0.25) is 11.8 Å². The molecule has 0 radical (unpaired) electrons. The van der Waals surface area contributed by atoms with Crippen LogP contribution in [0.4, 0.5) is 5.69 Å². The van der Waals surface area contributed by atoms with Crippen molar-refractivity contribution >= 4 is 29.1 Å². The molecule has 1 aromatic carbocycles. The van der Waals surface area contributed by atoms with E-state index in [1.54, 1.807) is 6.92 Å². The Bertz CT molecular complexity index is 472. The standard InChI is InChI=1S/C16H23ClN2O2/c1-4-11(2)13-5-7-14(8-6-13)19-15(20)9-10-18-16(21)12(3)17/h5-8,11-12H,4,9-10H2,1-3H3,(H,18,21)(H,19,20)/t11-,12-/m0/s1. The van der Waals surface area contributed by atoms with Gasteiger partial charge in [-0.05, 0) is 37.0 Å². The monoisotopic (exact) mass is 310 g/mol. The number of alkyl halides is 1. The zero-order valence-electron chi connectivity index (χ0n) is 12.8. The number of hydrogen-bond donors (Lipinski definition) is 2. The van der Waals surface area contributed by atoms with Crippen molar-refractivity contribution in [3.63, 3.8) is 0 Å². The van der Waals surface area contributed by atoms with Crippen molar-refractivity contribution in [3.8, 4) is 0 Å². The number of hydrogen-bond acceptors (Lipinski definition) is 2. The van der Waals surface area contributed by atoms with E-state index in [1.165, 1.54) is 5.56 Å². The maximum absolute atomic E-state index is 11.7. The highest BCUT2D eigenvalue weighted by Gasteiger charge is 2.09. The van der Waals surface area contributed by atoms with Gasteiger partial charge in [-0.15, -0.1) is 11.6 Å². The maximum atomic E-state index is 11.7. The van der Waals surface area contributed by atoms with Gasteiger partial charge in [-0.2, -0.15) is 0 Å². The van der Waals surface area contributed by atoms with E-state index >= 15 is 0 Å². The van der Waals surface area contributed by atoms with Crippen LogP contribution in [-0.2, 0) is 9.59 Å². The number of carbonyl (C=O) groups excluding carboxylic acids is 2. The van der Waals surface area contributed by atoms with Crippen LogP contribution < -0.4 is 10.6 Å². The lowest BCUT2D eigenvalue weighted by Gasteiger charge is -2.11. The second-order valence-electron chi connectivity index (χ2n) is 5.14. The Kier molecular flexibility index (Phi) is 7.23. The van der Waals surface area contributed by atoms with Gasteiger partial charge in [0.25, 0.3) is 0 Å². The van der Waals surface area contributed by atoms with Gasteiger partial charge < -0.3 is 10.6 Å². The summed E-state index contributed by atoms with van der Waals surface area (Å²) in [6.45, 7) is 6.20. The lowest BCUT2D eigenvalue weighted by Crippen LogP contribution is -2.32. The van der Waals surface area contributed by atoms with Gasteiger partial charge >= 0.3 is 0 Å². The topological polar surface area (TPSA) is 58.2 Å². The van der Waals surface area contributed by atoms with Crippen LogP contribution in [0.1, 0.15) is 45.1 Å². The highest BCUT2D eigenvalue weighted by Crippen LogP contribution is 2.20. The maximum Gasteiger partial charge on any atom is 0.237 e. The van der Waals surface area contributed by atoms with E-state index in [4.69, 9.17) is 11.6 Å². The van der Waals surface area contributed by atoms with Crippen LogP contribution >= 0.6 is 11.6 Å². The van der Waals surface area contributed by atoms with Gasteiger partial charge in [-0.3, -0.25) is 9.59 Å². The Morgan fingerprint density at radius 1 is 1.19 bits per heavy atom. The third-order valence-electron chi connectivity index (χ3n) is 3.39. The molecule has 0 saturated heterocycles. The number of carbonyl (C=O) groups is 2. The largest absolute Gasteiger partial charge is 0.354 e. The van der Waals surface area contributed by atoms with Crippen LogP contribution in [-0.4, -0.2) is 23.7 Å². The van der Waals surface area contributed by atoms with Crippen LogP contribution in [0.25, 0.3) is 0 Å². The SMILES string of the molecule is CC[C@H](C)c1ccc(NC(=O)CCNC(=O)[C@H](C)Cl)cc1. The molecular formula is C16H23ClN2O2. The first-order valence-corrected chi connectivity index (χ1v) is 7.69. The lowest BCUT2D eigenvalue weighted by atomic mass is 9.99. The predicted octanol–water partition coefficient (Wildman–Crippen LogP) is 3.27. The minimum absolute atomic E-state index is 0.131. The second-order valence-corrected chi connectivity index (χ2v) is 5.79. The van der Waals surface area contributed by atoms with E-state index in [2.05, 4.69) is 24.5 Å². The number of benzene rings is 1. The van der Waals surface area contributed by atoms with Crippen molar-refractivity contribution in [3.05, 3.63) is 29.8 Å². The van der Waals surface area contributed by atoms with E-state index in [0.29, 0.717) is 5.92 Å². The third-order valence-corrected chi connectivity index (χ3v) is 3.59. The van der Waals surface area contributed by atoms with Gasteiger partial charge in [0, 0.05) is 18.7 Å². The van der Waals surface area contributed by atoms with E-state index in [0.717, 1.165) is 12.1 Å². The summed E-state index contributed by atoms with van der Waals surface area (Å²) in [5.41, 5.74) is 2.03. The molecule has 5 heteroatoms. The number of amides is 2. The van der Waals surface area contributed by atoms with Gasteiger partial charge in [-0.1, -0.05) is 26.0 Å². The summed E-state index contributed by atoms with van der Waals surface area (Å²) in [5.74, 6) is 0.124. The number of nitrogens with one attached hydrogen (secondary N) is 2. The smallest absolute Gasteiger partial charge is 0.237 e. The summed E-state index contributed by atoms with van der Waals surface area (Å²) in [4.78, 5) is 23.0.